The highest BCUT2D eigenvalue weighted by Crippen LogP contribution is 2.43. The maximum atomic E-state index is 11.5. The lowest BCUT2D eigenvalue weighted by molar-refractivity contribution is -0.479. The maximum absolute atomic E-state index is 11.5. The lowest BCUT2D eigenvalue weighted by Crippen LogP contribution is -2.12. The van der Waals surface area contributed by atoms with Crippen molar-refractivity contribution in [3.8, 4) is 17.2 Å². The summed E-state index contributed by atoms with van der Waals surface area (Å²) in [6, 6.07) is 11.6. The number of hydrogen-bond acceptors (Lipinski definition) is 7. The van der Waals surface area contributed by atoms with E-state index in [1.807, 2.05) is 55.7 Å². The van der Waals surface area contributed by atoms with Crippen LogP contribution in [0.15, 0.2) is 46.0 Å². The van der Waals surface area contributed by atoms with Crippen LogP contribution in [0, 0.1) is 24.0 Å². The number of rotatable bonds is 9. The first-order chi connectivity index (χ1) is 14.8. The van der Waals surface area contributed by atoms with Crippen LogP contribution in [0.1, 0.15) is 29.1 Å². The van der Waals surface area contributed by atoms with Gasteiger partial charge in [0.15, 0.2) is 16.7 Å². The molecular weight excluding hydrogens is 484 g/mol. The molecule has 0 unspecified atom stereocenters. The van der Waals surface area contributed by atoms with Crippen molar-refractivity contribution in [1.82, 2.24) is 14.8 Å². The van der Waals surface area contributed by atoms with Crippen molar-refractivity contribution in [2.24, 2.45) is 0 Å². The van der Waals surface area contributed by atoms with Crippen LogP contribution in [0.3, 0.4) is 0 Å². The Morgan fingerprint density at radius 1 is 1.26 bits per heavy atom. The highest BCUT2D eigenvalue weighted by Gasteiger charge is 2.26. The van der Waals surface area contributed by atoms with Crippen LogP contribution in [-0.4, -0.2) is 39.9 Å². The zero-order valence-corrected chi connectivity index (χ0v) is 20.1. The molecule has 1 atom stereocenters. The predicted molar refractivity (Wildman–Crippen MR) is 123 cm³/mol. The SMILES string of the molecule is CCOc1cc([C@@H](C[N+](=O)[O-])Sc2nnc(C)n2-c2cccc(C)c2)cc(Br)c1OC. The van der Waals surface area contributed by atoms with Gasteiger partial charge in [-0.15, -0.1) is 10.2 Å². The van der Waals surface area contributed by atoms with Crippen LogP contribution in [0.5, 0.6) is 11.5 Å². The number of nitro groups is 1. The molecule has 1 aromatic heterocycles. The molecule has 0 saturated heterocycles. The van der Waals surface area contributed by atoms with Crippen LogP contribution in [0.25, 0.3) is 5.69 Å². The molecule has 3 aromatic rings. The number of methoxy groups -OCH3 is 1. The second-order valence-electron chi connectivity index (χ2n) is 6.79. The third-order valence-corrected chi connectivity index (χ3v) is 6.30. The minimum atomic E-state index is -0.511. The molecule has 3 rings (SSSR count). The third kappa shape index (κ3) is 5.37. The van der Waals surface area contributed by atoms with Gasteiger partial charge < -0.3 is 9.47 Å². The van der Waals surface area contributed by atoms with Crippen molar-refractivity contribution in [3.05, 3.63) is 67.9 Å². The van der Waals surface area contributed by atoms with Crippen molar-refractivity contribution in [1.29, 1.82) is 0 Å². The monoisotopic (exact) mass is 506 g/mol. The molecule has 164 valence electrons. The van der Waals surface area contributed by atoms with Gasteiger partial charge in [0, 0.05) is 10.6 Å². The molecule has 8 nitrogen and oxygen atoms in total. The second-order valence-corrected chi connectivity index (χ2v) is 8.82. The number of benzene rings is 2. The van der Waals surface area contributed by atoms with Gasteiger partial charge in [0.1, 0.15) is 11.1 Å². The Morgan fingerprint density at radius 3 is 2.68 bits per heavy atom. The summed E-state index contributed by atoms with van der Waals surface area (Å²) in [7, 11) is 1.55. The zero-order valence-electron chi connectivity index (χ0n) is 17.7. The van der Waals surface area contributed by atoms with E-state index in [0.717, 1.165) is 16.8 Å². The Balaban J connectivity index is 2.04. The molecule has 0 bridgehead atoms. The van der Waals surface area contributed by atoms with E-state index in [4.69, 9.17) is 9.47 Å². The Labute approximate surface area is 193 Å². The van der Waals surface area contributed by atoms with Crippen LogP contribution < -0.4 is 9.47 Å². The molecule has 2 aromatic carbocycles. The fourth-order valence-electron chi connectivity index (χ4n) is 3.19. The number of nitrogens with zero attached hydrogens (tertiary/aromatic N) is 4. The van der Waals surface area contributed by atoms with Gasteiger partial charge in [-0.05, 0) is 72.1 Å². The molecule has 31 heavy (non-hydrogen) atoms. The van der Waals surface area contributed by atoms with Gasteiger partial charge in [-0.1, -0.05) is 23.9 Å². The normalized spacial score (nSPS) is 11.9. The van der Waals surface area contributed by atoms with Gasteiger partial charge in [0.25, 0.3) is 0 Å². The Hall–Kier alpha value is -2.59. The Bertz CT molecular complexity index is 1090. The molecule has 0 aliphatic heterocycles. The van der Waals surface area contributed by atoms with E-state index in [-0.39, 0.29) is 11.5 Å². The molecule has 10 heteroatoms. The summed E-state index contributed by atoms with van der Waals surface area (Å²) in [5.41, 5.74) is 2.74. The summed E-state index contributed by atoms with van der Waals surface area (Å²) < 4.78 is 13.7. The zero-order chi connectivity index (χ0) is 22.5. The summed E-state index contributed by atoms with van der Waals surface area (Å²) in [5, 5.41) is 20.1. The highest BCUT2D eigenvalue weighted by molar-refractivity contribution is 9.10. The fraction of sp³-hybridized carbons (Fsp3) is 0.333. The van der Waals surface area contributed by atoms with Crippen LogP contribution in [-0.2, 0) is 0 Å². The van der Waals surface area contributed by atoms with Gasteiger partial charge >= 0.3 is 0 Å². The largest absolute Gasteiger partial charge is 0.492 e. The van der Waals surface area contributed by atoms with E-state index in [2.05, 4.69) is 26.1 Å². The van der Waals surface area contributed by atoms with Crippen molar-refractivity contribution in [2.45, 2.75) is 31.2 Å². The maximum Gasteiger partial charge on any atom is 0.220 e. The minimum Gasteiger partial charge on any atom is -0.492 e. The highest BCUT2D eigenvalue weighted by atomic mass is 79.9. The smallest absolute Gasteiger partial charge is 0.220 e. The predicted octanol–water partition coefficient (Wildman–Crippen LogP) is 5.16. The molecule has 0 N–H and O–H groups in total. The fourth-order valence-corrected chi connectivity index (χ4v) is 4.97. The van der Waals surface area contributed by atoms with E-state index in [9.17, 15) is 10.1 Å². The van der Waals surface area contributed by atoms with E-state index < -0.39 is 5.25 Å². The second kappa shape index (κ2) is 10.1. The number of halogens is 1. The summed E-state index contributed by atoms with van der Waals surface area (Å²) in [6.45, 7) is 5.90. The summed E-state index contributed by atoms with van der Waals surface area (Å²) in [6.07, 6.45) is 0. The standard InChI is InChI=1S/C21H23BrN4O4S/c1-5-30-18-11-15(10-17(22)20(18)29-4)19(12-25(27)28)31-21-24-23-14(3)26(21)16-8-6-7-13(2)9-16/h6-11,19H,5,12H2,1-4H3/t19-/m1/s1. The van der Waals surface area contributed by atoms with E-state index in [0.29, 0.717) is 33.6 Å². The molecular formula is C21H23BrN4O4S. The lowest BCUT2D eigenvalue weighted by atomic mass is 10.1. The van der Waals surface area contributed by atoms with Crippen LogP contribution >= 0.6 is 27.7 Å². The first kappa shape index (κ1) is 23.1. The van der Waals surface area contributed by atoms with Crippen LogP contribution in [0.2, 0.25) is 0 Å². The van der Waals surface area contributed by atoms with E-state index in [1.54, 1.807) is 13.2 Å². The molecule has 0 amide bonds. The van der Waals surface area contributed by atoms with Crippen molar-refractivity contribution in [3.63, 3.8) is 0 Å². The van der Waals surface area contributed by atoms with E-state index >= 15 is 0 Å². The van der Waals surface area contributed by atoms with Crippen molar-refractivity contribution in [2.75, 3.05) is 20.3 Å². The number of aromatic nitrogens is 3. The molecule has 0 radical (unpaired) electrons. The molecule has 0 aliphatic rings. The average Bonchev–Trinajstić information content (AvgIpc) is 3.07. The van der Waals surface area contributed by atoms with E-state index in [1.165, 1.54) is 11.8 Å². The lowest BCUT2D eigenvalue weighted by Gasteiger charge is -2.18. The quantitative estimate of drug-likeness (QED) is 0.224. The average molecular weight is 507 g/mol. The topological polar surface area (TPSA) is 92.3 Å². The Morgan fingerprint density at radius 2 is 2.03 bits per heavy atom. The van der Waals surface area contributed by atoms with Gasteiger partial charge in [-0.25, -0.2) is 0 Å². The molecule has 0 aliphatic carbocycles. The third-order valence-electron chi connectivity index (χ3n) is 4.53. The minimum absolute atomic E-state index is 0.283. The first-order valence-corrected chi connectivity index (χ1v) is 11.3. The van der Waals surface area contributed by atoms with Gasteiger partial charge in [0.2, 0.25) is 6.54 Å². The summed E-state index contributed by atoms with van der Waals surface area (Å²) >= 11 is 4.79. The summed E-state index contributed by atoms with van der Waals surface area (Å²) in [4.78, 5) is 11.2. The molecule has 0 fully saturated rings. The van der Waals surface area contributed by atoms with Crippen molar-refractivity contribution >= 4 is 27.7 Å². The Kier molecular flexibility index (Phi) is 7.55. The van der Waals surface area contributed by atoms with Gasteiger partial charge in [0.05, 0.1) is 18.2 Å². The number of hydrogen-bond donors (Lipinski definition) is 0. The van der Waals surface area contributed by atoms with Crippen LogP contribution in [0.4, 0.5) is 0 Å². The van der Waals surface area contributed by atoms with Crippen molar-refractivity contribution < 1.29 is 14.4 Å². The summed E-state index contributed by atoms with van der Waals surface area (Å²) in [5.74, 6) is 1.78. The van der Waals surface area contributed by atoms with Gasteiger partial charge in [-0.2, -0.15) is 0 Å². The number of thioether (sulfide) groups is 1. The number of aryl methyl sites for hydroxylation is 2. The molecule has 0 saturated carbocycles. The molecule has 1 heterocycles. The molecule has 0 spiro atoms. The van der Waals surface area contributed by atoms with Gasteiger partial charge in [-0.3, -0.25) is 14.7 Å². The number of ether oxygens (including phenoxy) is 2. The first-order valence-electron chi connectivity index (χ1n) is 9.61.